The summed E-state index contributed by atoms with van der Waals surface area (Å²) >= 11 is 0. The molecule has 1 amide bonds. The lowest BCUT2D eigenvalue weighted by atomic mass is 9.98. The third-order valence-corrected chi connectivity index (χ3v) is 5.53. The van der Waals surface area contributed by atoms with E-state index in [-0.39, 0.29) is 18.9 Å². The molecule has 1 heterocycles. The summed E-state index contributed by atoms with van der Waals surface area (Å²) in [5.74, 6) is -0.471. The summed E-state index contributed by atoms with van der Waals surface area (Å²) in [6.07, 6.45) is 0.621. The number of rotatable bonds is 8. The van der Waals surface area contributed by atoms with Crippen molar-refractivity contribution in [1.29, 1.82) is 0 Å². The molecule has 4 rings (SSSR count). The molecule has 160 valence electrons. The average Bonchev–Trinajstić information content (AvgIpc) is 3.32. The Hall–Kier alpha value is -3.61. The molecule has 0 aliphatic heterocycles. The van der Waals surface area contributed by atoms with Crippen LogP contribution in [0.1, 0.15) is 41.3 Å². The van der Waals surface area contributed by atoms with Gasteiger partial charge in [-0.15, -0.1) is 0 Å². The second-order valence-electron chi connectivity index (χ2n) is 7.69. The Morgan fingerprint density at radius 1 is 1.13 bits per heavy atom. The van der Waals surface area contributed by atoms with Crippen molar-refractivity contribution in [2.45, 2.75) is 38.1 Å². The molecule has 7 heteroatoms. The number of nitrogens with zero attached hydrogens (tertiary/aromatic N) is 1. The maximum Gasteiger partial charge on any atom is 0.407 e. The van der Waals surface area contributed by atoms with E-state index in [0.29, 0.717) is 18.6 Å². The predicted molar refractivity (Wildman–Crippen MR) is 114 cm³/mol. The minimum atomic E-state index is -1.10. The van der Waals surface area contributed by atoms with Crippen molar-refractivity contribution < 1.29 is 24.0 Å². The number of alkyl carbamates (subject to hydrolysis) is 1. The molecule has 3 aromatic rings. The fourth-order valence-corrected chi connectivity index (χ4v) is 4.05. The van der Waals surface area contributed by atoms with Crippen molar-refractivity contribution in [3.63, 3.8) is 0 Å². The molecule has 0 bridgehead atoms. The lowest BCUT2D eigenvalue weighted by molar-refractivity contribution is -0.139. The van der Waals surface area contributed by atoms with Crippen LogP contribution >= 0.6 is 0 Å². The SMILES string of the molecule is Cc1cc(CCC[C@@H](NC(=O)OCC2c3ccccc3-c3ccccc32)C(=O)O)on1. The molecule has 0 saturated carbocycles. The summed E-state index contributed by atoms with van der Waals surface area (Å²) in [5, 5.41) is 15.7. The Bertz CT molecular complexity index is 1050. The second-order valence-corrected chi connectivity index (χ2v) is 7.69. The standard InChI is InChI=1S/C24H24N2O5/c1-15-13-16(31-26-15)7-6-12-22(23(27)28)25-24(29)30-14-21-19-10-4-2-8-17(19)18-9-3-5-11-20(18)21/h2-5,8-11,13,21-22H,6-7,12,14H2,1H3,(H,25,29)(H,27,28)/t22-/m1/s1. The molecule has 7 nitrogen and oxygen atoms in total. The minimum Gasteiger partial charge on any atom is -0.480 e. The van der Waals surface area contributed by atoms with Gasteiger partial charge in [0.05, 0.1) is 5.69 Å². The van der Waals surface area contributed by atoms with Gasteiger partial charge in [-0.3, -0.25) is 0 Å². The molecule has 0 radical (unpaired) electrons. The minimum absolute atomic E-state index is 0.0730. The van der Waals surface area contributed by atoms with E-state index in [1.807, 2.05) is 49.4 Å². The zero-order valence-electron chi connectivity index (χ0n) is 17.2. The molecule has 0 unspecified atom stereocenters. The van der Waals surface area contributed by atoms with Gasteiger partial charge in [-0.1, -0.05) is 53.7 Å². The summed E-state index contributed by atoms with van der Waals surface area (Å²) in [7, 11) is 0. The average molecular weight is 420 g/mol. The third kappa shape index (κ3) is 4.60. The van der Waals surface area contributed by atoms with Gasteiger partial charge in [-0.2, -0.15) is 0 Å². The van der Waals surface area contributed by atoms with E-state index in [1.165, 1.54) is 0 Å². The highest BCUT2D eigenvalue weighted by molar-refractivity contribution is 5.81. The van der Waals surface area contributed by atoms with E-state index in [4.69, 9.17) is 9.26 Å². The van der Waals surface area contributed by atoms with Crippen molar-refractivity contribution in [1.82, 2.24) is 10.5 Å². The molecule has 1 aliphatic carbocycles. The number of aromatic nitrogens is 1. The summed E-state index contributed by atoms with van der Waals surface area (Å²) in [6.45, 7) is 1.97. The van der Waals surface area contributed by atoms with Gasteiger partial charge in [-0.05, 0) is 42.0 Å². The summed E-state index contributed by atoms with van der Waals surface area (Å²) < 4.78 is 10.6. The number of ether oxygens (including phenoxy) is 1. The van der Waals surface area contributed by atoms with Gasteiger partial charge in [0.25, 0.3) is 0 Å². The van der Waals surface area contributed by atoms with Crippen LogP contribution in [0.5, 0.6) is 0 Å². The van der Waals surface area contributed by atoms with Gasteiger partial charge in [0.2, 0.25) is 0 Å². The van der Waals surface area contributed by atoms with Crippen LogP contribution in [-0.2, 0) is 16.0 Å². The number of carbonyl (C=O) groups excluding carboxylic acids is 1. The number of hydrogen-bond donors (Lipinski definition) is 2. The van der Waals surface area contributed by atoms with Gasteiger partial charge in [0.15, 0.2) is 0 Å². The Kier molecular flexibility index (Phi) is 6.02. The van der Waals surface area contributed by atoms with Crippen molar-refractivity contribution >= 4 is 12.1 Å². The normalized spacial score (nSPS) is 13.3. The third-order valence-electron chi connectivity index (χ3n) is 5.53. The van der Waals surface area contributed by atoms with Gasteiger partial charge in [-0.25, -0.2) is 9.59 Å². The smallest absolute Gasteiger partial charge is 0.407 e. The van der Waals surface area contributed by atoms with Crippen molar-refractivity contribution in [3.05, 3.63) is 77.2 Å². The zero-order valence-corrected chi connectivity index (χ0v) is 17.2. The van der Waals surface area contributed by atoms with Crippen LogP contribution in [0.15, 0.2) is 59.1 Å². The summed E-state index contributed by atoms with van der Waals surface area (Å²) in [6, 6.07) is 16.9. The molecule has 1 aliphatic rings. The first kappa shape index (κ1) is 20.7. The second kappa shape index (κ2) is 9.04. The van der Waals surface area contributed by atoms with Gasteiger partial charge >= 0.3 is 12.1 Å². The van der Waals surface area contributed by atoms with Crippen LogP contribution in [0.2, 0.25) is 0 Å². The van der Waals surface area contributed by atoms with Crippen LogP contribution in [0.4, 0.5) is 4.79 Å². The van der Waals surface area contributed by atoms with Gasteiger partial charge < -0.3 is 19.7 Å². The van der Waals surface area contributed by atoms with Crippen molar-refractivity contribution in [3.8, 4) is 11.1 Å². The number of aryl methyl sites for hydroxylation is 2. The quantitative estimate of drug-likeness (QED) is 0.563. The number of fused-ring (bicyclic) bond motifs is 3. The predicted octanol–water partition coefficient (Wildman–Crippen LogP) is 4.30. The van der Waals surface area contributed by atoms with E-state index >= 15 is 0 Å². The lowest BCUT2D eigenvalue weighted by Gasteiger charge is -2.17. The van der Waals surface area contributed by atoms with E-state index < -0.39 is 18.1 Å². The van der Waals surface area contributed by atoms with E-state index in [9.17, 15) is 14.7 Å². The molecule has 0 saturated heterocycles. The topological polar surface area (TPSA) is 102 Å². The van der Waals surface area contributed by atoms with Crippen LogP contribution in [0.3, 0.4) is 0 Å². The molecular weight excluding hydrogens is 396 g/mol. The summed E-state index contributed by atoms with van der Waals surface area (Å²) in [5.41, 5.74) is 5.26. The Morgan fingerprint density at radius 3 is 2.35 bits per heavy atom. The highest BCUT2D eigenvalue weighted by Gasteiger charge is 2.29. The van der Waals surface area contributed by atoms with Crippen LogP contribution < -0.4 is 5.32 Å². The van der Waals surface area contributed by atoms with Crippen LogP contribution in [0, 0.1) is 6.92 Å². The molecule has 1 atom stereocenters. The Labute approximate surface area is 180 Å². The zero-order chi connectivity index (χ0) is 21.8. The number of hydrogen-bond acceptors (Lipinski definition) is 5. The lowest BCUT2D eigenvalue weighted by Crippen LogP contribution is -2.41. The summed E-state index contributed by atoms with van der Waals surface area (Å²) in [4.78, 5) is 23.9. The number of carbonyl (C=O) groups is 2. The molecule has 31 heavy (non-hydrogen) atoms. The molecule has 0 fully saturated rings. The van der Waals surface area contributed by atoms with E-state index in [2.05, 4.69) is 22.6 Å². The monoisotopic (exact) mass is 420 g/mol. The van der Waals surface area contributed by atoms with Crippen LogP contribution in [0.25, 0.3) is 11.1 Å². The van der Waals surface area contributed by atoms with E-state index in [0.717, 1.165) is 27.9 Å². The van der Waals surface area contributed by atoms with Gasteiger partial charge in [0.1, 0.15) is 18.4 Å². The number of carboxylic acid groups (broad SMARTS) is 1. The number of nitrogens with one attached hydrogen (secondary N) is 1. The maximum absolute atomic E-state index is 12.3. The maximum atomic E-state index is 12.3. The molecule has 2 aromatic carbocycles. The highest BCUT2D eigenvalue weighted by Crippen LogP contribution is 2.44. The first-order valence-corrected chi connectivity index (χ1v) is 10.3. The van der Waals surface area contributed by atoms with Crippen LogP contribution in [-0.4, -0.2) is 35.0 Å². The molecule has 1 aromatic heterocycles. The first-order valence-electron chi connectivity index (χ1n) is 10.3. The molecule has 0 spiro atoms. The number of amides is 1. The fraction of sp³-hybridized carbons (Fsp3) is 0.292. The first-order chi connectivity index (χ1) is 15.0. The highest BCUT2D eigenvalue weighted by atomic mass is 16.5. The van der Waals surface area contributed by atoms with E-state index in [1.54, 1.807) is 0 Å². The Morgan fingerprint density at radius 2 is 1.77 bits per heavy atom. The fourth-order valence-electron chi connectivity index (χ4n) is 4.05. The van der Waals surface area contributed by atoms with Crippen molar-refractivity contribution in [2.75, 3.05) is 6.61 Å². The van der Waals surface area contributed by atoms with Crippen molar-refractivity contribution in [2.24, 2.45) is 0 Å². The number of aliphatic carboxylic acids is 1. The number of benzene rings is 2. The molecular formula is C24H24N2O5. The van der Waals surface area contributed by atoms with Gasteiger partial charge in [0, 0.05) is 18.4 Å². The largest absolute Gasteiger partial charge is 0.480 e. The molecule has 2 N–H and O–H groups in total. The number of carboxylic acids is 1. The Balaban J connectivity index is 1.34.